The fourth-order valence-electron chi connectivity index (χ4n) is 0.725. The van der Waals surface area contributed by atoms with Gasteiger partial charge in [0.15, 0.2) is 0 Å². The van der Waals surface area contributed by atoms with Crippen molar-refractivity contribution in [2.24, 2.45) is 0 Å². The van der Waals surface area contributed by atoms with Crippen LogP contribution in [0.3, 0.4) is 0 Å². The van der Waals surface area contributed by atoms with E-state index in [2.05, 4.69) is 26.6 Å². The number of hydrogen-bond acceptors (Lipinski definition) is 2. The first kappa shape index (κ1) is 11.6. The number of methoxy groups -OCH3 is 1. The normalized spacial score (nSPS) is 13.8. The van der Waals surface area contributed by atoms with E-state index in [1.165, 1.54) is 5.57 Å². The summed E-state index contributed by atoms with van der Waals surface area (Å²) in [5.74, 6) is 0.719. The Morgan fingerprint density at radius 2 is 1.75 bits per heavy atom. The van der Waals surface area contributed by atoms with Gasteiger partial charge in [0.2, 0.25) is 8.32 Å². The lowest BCUT2D eigenvalue weighted by atomic mass is 10.2. The Kier molecular flexibility index (Phi) is 4.38. The summed E-state index contributed by atoms with van der Waals surface area (Å²) in [7, 11) is 0.158. The predicted octanol–water partition coefficient (Wildman–Crippen LogP) is 3.13. The van der Waals surface area contributed by atoms with Crippen LogP contribution in [0.25, 0.3) is 0 Å². The molecule has 0 aromatic carbocycles. The van der Waals surface area contributed by atoms with Crippen LogP contribution in [0.2, 0.25) is 19.6 Å². The molecule has 0 saturated carbocycles. The van der Waals surface area contributed by atoms with E-state index >= 15 is 0 Å². The SMILES string of the molecule is CC/C(C)=C(/OC)O[Si](C)(C)C. The van der Waals surface area contributed by atoms with Crippen molar-refractivity contribution in [1.82, 2.24) is 0 Å². The molecule has 0 saturated heterocycles. The second-order valence-corrected chi connectivity index (χ2v) is 8.27. The zero-order valence-corrected chi connectivity index (χ0v) is 10.0. The number of hydrogen-bond donors (Lipinski definition) is 0. The molecule has 3 heteroatoms. The molecule has 0 fully saturated rings. The van der Waals surface area contributed by atoms with Crippen LogP contribution in [0.15, 0.2) is 11.5 Å². The minimum Gasteiger partial charge on any atom is -0.520 e. The van der Waals surface area contributed by atoms with Gasteiger partial charge in [-0.3, -0.25) is 0 Å². The summed E-state index contributed by atoms with van der Waals surface area (Å²) in [5, 5.41) is 0. The lowest BCUT2D eigenvalue weighted by Gasteiger charge is -2.21. The molecule has 0 aromatic rings. The number of allylic oxidation sites excluding steroid dienone is 1. The minimum absolute atomic E-state index is 0.719. The first-order valence-corrected chi connectivity index (χ1v) is 7.74. The van der Waals surface area contributed by atoms with Crippen molar-refractivity contribution in [2.75, 3.05) is 7.11 Å². The van der Waals surface area contributed by atoms with Crippen LogP contribution in [-0.4, -0.2) is 15.4 Å². The van der Waals surface area contributed by atoms with Gasteiger partial charge in [-0.2, -0.15) is 0 Å². The van der Waals surface area contributed by atoms with Crippen molar-refractivity contribution in [3.05, 3.63) is 11.5 Å². The van der Waals surface area contributed by atoms with Crippen LogP contribution in [-0.2, 0) is 9.16 Å². The second kappa shape index (κ2) is 4.55. The minimum atomic E-state index is -1.50. The van der Waals surface area contributed by atoms with E-state index in [-0.39, 0.29) is 0 Å². The molecule has 0 spiro atoms. The number of rotatable bonds is 4. The van der Waals surface area contributed by atoms with Crippen molar-refractivity contribution < 1.29 is 9.16 Å². The van der Waals surface area contributed by atoms with E-state index in [0.29, 0.717) is 0 Å². The third-order valence-electron chi connectivity index (χ3n) is 1.46. The van der Waals surface area contributed by atoms with Gasteiger partial charge in [0.1, 0.15) is 0 Å². The van der Waals surface area contributed by atoms with Crippen molar-refractivity contribution in [3.8, 4) is 0 Å². The Bertz CT molecular complexity index is 168. The summed E-state index contributed by atoms with van der Waals surface area (Å²) in [6.45, 7) is 10.6. The fraction of sp³-hybridized carbons (Fsp3) is 0.778. The molecule has 0 aliphatic rings. The molecule has 0 amide bonds. The predicted molar refractivity (Wildman–Crippen MR) is 54.4 cm³/mol. The molecule has 0 radical (unpaired) electrons. The van der Waals surface area contributed by atoms with Crippen molar-refractivity contribution >= 4 is 8.32 Å². The summed E-state index contributed by atoms with van der Waals surface area (Å²) in [5.41, 5.74) is 1.18. The Morgan fingerprint density at radius 3 is 2.00 bits per heavy atom. The van der Waals surface area contributed by atoms with E-state index in [1.807, 2.05) is 6.92 Å². The maximum Gasteiger partial charge on any atom is 0.263 e. The van der Waals surface area contributed by atoms with Crippen molar-refractivity contribution in [2.45, 2.75) is 39.9 Å². The standard InChI is InChI=1S/C9H20O2Si/c1-7-8(2)9(10-3)11-12(4,5)6/h7H2,1-6H3/b9-8-. The smallest absolute Gasteiger partial charge is 0.263 e. The van der Waals surface area contributed by atoms with Crippen LogP contribution >= 0.6 is 0 Å². The van der Waals surface area contributed by atoms with Crippen LogP contribution in [0.4, 0.5) is 0 Å². The third-order valence-corrected chi connectivity index (χ3v) is 2.26. The lowest BCUT2D eigenvalue weighted by Crippen LogP contribution is -2.25. The lowest BCUT2D eigenvalue weighted by molar-refractivity contribution is 0.141. The molecule has 0 unspecified atom stereocenters. The maximum atomic E-state index is 5.74. The quantitative estimate of drug-likeness (QED) is 0.498. The summed E-state index contributed by atoms with van der Waals surface area (Å²) < 4.78 is 10.9. The first-order valence-electron chi connectivity index (χ1n) is 4.33. The van der Waals surface area contributed by atoms with E-state index in [4.69, 9.17) is 9.16 Å². The van der Waals surface area contributed by atoms with Gasteiger partial charge in [0, 0.05) is 5.57 Å². The molecular weight excluding hydrogens is 168 g/mol. The molecule has 12 heavy (non-hydrogen) atoms. The Morgan fingerprint density at radius 1 is 1.25 bits per heavy atom. The van der Waals surface area contributed by atoms with Gasteiger partial charge in [0.05, 0.1) is 7.11 Å². The van der Waals surface area contributed by atoms with Crippen LogP contribution in [0, 0.1) is 0 Å². The highest BCUT2D eigenvalue weighted by molar-refractivity contribution is 6.70. The van der Waals surface area contributed by atoms with E-state index in [1.54, 1.807) is 7.11 Å². The monoisotopic (exact) mass is 188 g/mol. The Labute approximate surface area is 76.7 Å². The van der Waals surface area contributed by atoms with Gasteiger partial charge in [0.25, 0.3) is 5.95 Å². The molecular formula is C9H20O2Si. The molecule has 0 rings (SSSR count). The number of ether oxygens (including phenoxy) is 1. The molecule has 0 aliphatic carbocycles. The Balaban J connectivity index is 4.38. The summed E-state index contributed by atoms with van der Waals surface area (Å²) in [6.07, 6.45) is 0.980. The van der Waals surface area contributed by atoms with E-state index in [0.717, 1.165) is 12.4 Å². The van der Waals surface area contributed by atoms with Crippen LogP contribution in [0.5, 0.6) is 0 Å². The molecule has 0 bridgehead atoms. The molecule has 72 valence electrons. The molecule has 0 atom stereocenters. The highest BCUT2D eigenvalue weighted by Gasteiger charge is 2.19. The zero-order valence-electron chi connectivity index (χ0n) is 9.02. The fourth-order valence-corrected chi connectivity index (χ4v) is 1.54. The van der Waals surface area contributed by atoms with Gasteiger partial charge >= 0.3 is 0 Å². The molecule has 0 aromatic heterocycles. The van der Waals surface area contributed by atoms with E-state index < -0.39 is 8.32 Å². The zero-order chi connectivity index (χ0) is 9.78. The first-order chi connectivity index (χ1) is 5.40. The summed E-state index contributed by atoms with van der Waals surface area (Å²) in [6, 6.07) is 0. The largest absolute Gasteiger partial charge is 0.520 e. The maximum absolute atomic E-state index is 5.74. The van der Waals surface area contributed by atoms with Gasteiger partial charge in [-0.25, -0.2) is 0 Å². The van der Waals surface area contributed by atoms with E-state index in [9.17, 15) is 0 Å². The van der Waals surface area contributed by atoms with Crippen molar-refractivity contribution in [1.29, 1.82) is 0 Å². The van der Waals surface area contributed by atoms with Gasteiger partial charge in [-0.15, -0.1) is 0 Å². The molecule has 0 heterocycles. The van der Waals surface area contributed by atoms with Gasteiger partial charge in [-0.1, -0.05) is 6.92 Å². The third kappa shape index (κ3) is 4.44. The van der Waals surface area contributed by atoms with Gasteiger partial charge in [-0.05, 0) is 33.0 Å². The van der Waals surface area contributed by atoms with Crippen molar-refractivity contribution in [3.63, 3.8) is 0 Å². The second-order valence-electron chi connectivity index (χ2n) is 3.84. The topological polar surface area (TPSA) is 18.5 Å². The molecule has 0 N–H and O–H groups in total. The Hall–Kier alpha value is -0.443. The average molecular weight is 188 g/mol. The molecule has 0 aliphatic heterocycles. The highest BCUT2D eigenvalue weighted by atomic mass is 28.4. The van der Waals surface area contributed by atoms with Crippen LogP contribution < -0.4 is 0 Å². The summed E-state index contributed by atoms with van der Waals surface area (Å²) in [4.78, 5) is 0. The molecule has 2 nitrogen and oxygen atoms in total. The average Bonchev–Trinajstić information content (AvgIpc) is 1.97. The summed E-state index contributed by atoms with van der Waals surface area (Å²) >= 11 is 0. The van der Waals surface area contributed by atoms with Gasteiger partial charge < -0.3 is 9.16 Å². The highest BCUT2D eigenvalue weighted by Crippen LogP contribution is 2.16. The van der Waals surface area contributed by atoms with Crippen LogP contribution in [0.1, 0.15) is 20.3 Å².